The molecule has 0 aromatic heterocycles. The molecule has 1 heterocycles. The van der Waals surface area contributed by atoms with Crippen LogP contribution in [0.25, 0.3) is 0 Å². The fraction of sp³-hybridized carbons (Fsp3) is 0.652. The summed E-state index contributed by atoms with van der Waals surface area (Å²) in [5, 5.41) is 6.04. The van der Waals surface area contributed by atoms with E-state index in [2.05, 4.69) is 10.6 Å². The minimum atomic E-state index is -0.481. The monoisotopic (exact) mass is 450 g/mol. The third-order valence-electron chi connectivity index (χ3n) is 5.84. The average Bonchev–Trinajstić information content (AvgIpc) is 3.33. The summed E-state index contributed by atoms with van der Waals surface area (Å²) >= 11 is 3.51. The number of nitrogens with one attached hydrogen (secondary N) is 2. The molecule has 2 aliphatic rings. The van der Waals surface area contributed by atoms with Gasteiger partial charge in [0.2, 0.25) is 11.8 Å². The summed E-state index contributed by atoms with van der Waals surface area (Å²) in [5.74, 6) is 4.21. The van der Waals surface area contributed by atoms with Gasteiger partial charge in [0.05, 0.1) is 12.4 Å². The van der Waals surface area contributed by atoms with Crippen molar-refractivity contribution in [1.29, 1.82) is 0 Å². The molecule has 2 amide bonds. The van der Waals surface area contributed by atoms with Crippen LogP contribution in [-0.4, -0.2) is 47.5 Å². The number of hydrogen-bond acceptors (Lipinski definition) is 5. The van der Waals surface area contributed by atoms with E-state index in [9.17, 15) is 9.59 Å². The second-order valence-electron chi connectivity index (χ2n) is 8.17. The summed E-state index contributed by atoms with van der Waals surface area (Å²) in [6.07, 6.45) is 8.59. The molecule has 0 bridgehead atoms. The van der Waals surface area contributed by atoms with Crippen LogP contribution in [0, 0.1) is 5.92 Å². The summed E-state index contributed by atoms with van der Waals surface area (Å²) in [4.78, 5) is 25.5. The Hall–Kier alpha value is -1.34. The highest BCUT2D eigenvalue weighted by molar-refractivity contribution is 8.00. The van der Waals surface area contributed by atoms with Gasteiger partial charge in [-0.1, -0.05) is 31.4 Å². The number of ether oxygens (including phenoxy) is 1. The van der Waals surface area contributed by atoms with E-state index in [0.717, 1.165) is 41.6 Å². The topological polar surface area (TPSA) is 67.4 Å². The molecule has 166 valence electrons. The number of carbonyl (C=O) groups excluding carboxylic acids is 2. The van der Waals surface area contributed by atoms with Gasteiger partial charge in [-0.15, -0.1) is 11.8 Å². The molecule has 7 heteroatoms. The lowest BCUT2D eigenvalue weighted by Gasteiger charge is -2.23. The maximum absolute atomic E-state index is 12.9. The number of carbonyl (C=O) groups is 2. The van der Waals surface area contributed by atoms with Gasteiger partial charge < -0.3 is 15.4 Å². The van der Waals surface area contributed by atoms with Crippen molar-refractivity contribution in [2.24, 2.45) is 5.92 Å². The summed E-state index contributed by atoms with van der Waals surface area (Å²) < 4.78 is 5.18. The van der Waals surface area contributed by atoms with Crippen LogP contribution in [0.3, 0.4) is 0 Å². The minimum absolute atomic E-state index is 0.00904. The second-order valence-corrected chi connectivity index (χ2v) is 10.6. The molecule has 1 aliphatic heterocycles. The molecule has 2 fully saturated rings. The van der Waals surface area contributed by atoms with E-state index in [1.54, 1.807) is 18.9 Å². The van der Waals surface area contributed by atoms with Crippen molar-refractivity contribution in [1.82, 2.24) is 10.6 Å². The maximum Gasteiger partial charge on any atom is 0.243 e. The van der Waals surface area contributed by atoms with Crippen molar-refractivity contribution in [3.63, 3.8) is 0 Å². The Morgan fingerprint density at radius 2 is 1.90 bits per heavy atom. The van der Waals surface area contributed by atoms with Gasteiger partial charge in [-0.05, 0) is 60.8 Å². The lowest BCUT2D eigenvalue weighted by atomic mass is 9.91. The van der Waals surface area contributed by atoms with Gasteiger partial charge in [-0.3, -0.25) is 9.59 Å². The summed E-state index contributed by atoms with van der Waals surface area (Å²) in [5.41, 5.74) is 1.01. The van der Waals surface area contributed by atoms with Crippen LogP contribution in [0.5, 0.6) is 5.75 Å². The van der Waals surface area contributed by atoms with Gasteiger partial charge in [-0.25, -0.2) is 0 Å². The smallest absolute Gasteiger partial charge is 0.243 e. The highest BCUT2D eigenvalue weighted by Crippen LogP contribution is 2.28. The quantitative estimate of drug-likeness (QED) is 0.564. The van der Waals surface area contributed by atoms with E-state index in [1.165, 1.54) is 32.1 Å². The van der Waals surface area contributed by atoms with E-state index in [0.29, 0.717) is 12.3 Å². The first-order valence-electron chi connectivity index (χ1n) is 11.1. The van der Waals surface area contributed by atoms with Crippen LogP contribution >= 0.6 is 23.5 Å². The molecular formula is C23H34N2O3S2. The van der Waals surface area contributed by atoms with Crippen LogP contribution in [-0.2, 0) is 16.1 Å². The molecule has 1 saturated heterocycles. The van der Waals surface area contributed by atoms with Crippen molar-refractivity contribution in [3.8, 4) is 5.75 Å². The second kappa shape index (κ2) is 12.5. The number of benzene rings is 1. The first kappa shape index (κ1) is 23.3. The lowest BCUT2D eigenvalue weighted by Crippen LogP contribution is -2.50. The lowest BCUT2D eigenvalue weighted by molar-refractivity contribution is -0.128. The highest BCUT2D eigenvalue weighted by atomic mass is 32.2. The molecule has 1 aliphatic carbocycles. The number of amides is 2. The van der Waals surface area contributed by atoms with Crippen LogP contribution in [0.4, 0.5) is 0 Å². The molecule has 1 aromatic carbocycles. The molecule has 1 aromatic rings. The minimum Gasteiger partial charge on any atom is -0.497 e. The van der Waals surface area contributed by atoms with Crippen LogP contribution in [0.2, 0.25) is 0 Å². The SMILES string of the molecule is COc1ccc(CNC(=O)[C@H](CSCC2CCCCC2)NC(=O)C2CCCS2)cc1. The molecule has 2 N–H and O–H groups in total. The Kier molecular flexibility index (Phi) is 9.72. The van der Waals surface area contributed by atoms with Gasteiger partial charge in [0, 0.05) is 12.3 Å². The van der Waals surface area contributed by atoms with Crippen LogP contribution in [0.1, 0.15) is 50.5 Å². The molecule has 3 rings (SSSR count). The Bertz CT molecular complexity index is 672. The fourth-order valence-electron chi connectivity index (χ4n) is 3.99. The molecule has 30 heavy (non-hydrogen) atoms. The molecule has 0 spiro atoms. The van der Waals surface area contributed by atoms with Crippen molar-refractivity contribution >= 4 is 35.3 Å². The summed E-state index contributed by atoms with van der Waals surface area (Å²) in [6.45, 7) is 0.445. The molecule has 5 nitrogen and oxygen atoms in total. The zero-order valence-electron chi connectivity index (χ0n) is 17.9. The molecular weight excluding hydrogens is 416 g/mol. The Balaban J connectivity index is 1.51. The van der Waals surface area contributed by atoms with Gasteiger partial charge >= 0.3 is 0 Å². The standard InChI is InChI=1S/C23H34N2O3S2/c1-28-19-11-9-17(10-12-19)14-24-22(26)20(25-23(27)21-8-5-13-30-21)16-29-15-18-6-3-2-4-7-18/h9-12,18,20-21H,2-8,13-16H2,1H3,(H,24,26)(H,25,27)/t20-,21?/m0/s1. The van der Waals surface area contributed by atoms with Crippen LogP contribution < -0.4 is 15.4 Å². The summed E-state index contributed by atoms with van der Waals surface area (Å²) in [7, 11) is 1.64. The Morgan fingerprint density at radius 1 is 1.13 bits per heavy atom. The van der Waals surface area contributed by atoms with Gasteiger partial charge in [-0.2, -0.15) is 11.8 Å². The zero-order valence-corrected chi connectivity index (χ0v) is 19.5. The van der Waals surface area contributed by atoms with Gasteiger partial charge in [0.15, 0.2) is 0 Å². The van der Waals surface area contributed by atoms with E-state index in [1.807, 2.05) is 36.0 Å². The third kappa shape index (κ3) is 7.41. The number of thioether (sulfide) groups is 2. The van der Waals surface area contributed by atoms with Gasteiger partial charge in [0.25, 0.3) is 0 Å². The van der Waals surface area contributed by atoms with E-state index in [4.69, 9.17) is 4.74 Å². The summed E-state index contributed by atoms with van der Waals surface area (Å²) in [6, 6.07) is 7.18. The van der Waals surface area contributed by atoms with Crippen molar-refractivity contribution < 1.29 is 14.3 Å². The molecule has 1 unspecified atom stereocenters. The first-order chi connectivity index (χ1) is 14.7. The van der Waals surface area contributed by atoms with Crippen molar-refractivity contribution in [2.75, 3.05) is 24.4 Å². The largest absolute Gasteiger partial charge is 0.497 e. The number of methoxy groups -OCH3 is 1. The third-order valence-corrected chi connectivity index (χ3v) is 8.50. The number of rotatable bonds is 10. The Labute approximate surface area is 188 Å². The van der Waals surface area contributed by atoms with E-state index < -0.39 is 6.04 Å². The van der Waals surface area contributed by atoms with Crippen LogP contribution in [0.15, 0.2) is 24.3 Å². The predicted octanol–water partition coefficient (Wildman–Crippen LogP) is 4.01. The molecule has 0 radical (unpaired) electrons. The highest BCUT2D eigenvalue weighted by Gasteiger charge is 2.28. The van der Waals surface area contributed by atoms with Crippen molar-refractivity contribution in [3.05, 3.63) is 29.8 Å². The van der Waals surface area contributed by atoms with E-state index in [-0.39, 0.29) is 17.1 Å². The first-order valence-corrected chi connectivity index (χ1v) is 13.3. The molecule has 2 atom stereocenters. The Morgan fingerprint density at radius 3 is 2.57 bits per heavy atom. The maximum atomic E-state index is 12.9. The zero-order chi connectivity index (χ0) is 21.2. The van der Waals surface area contributed by atoms with Crippen molar-refractivity contribution in [2.45, 2.75) is 62.8 Å². The predicted molar refractivity (Wildman–Crippen MR) is 126 cm³/mol. The fourth-order valence-corrected chi connectivity index (χ4v) is 6.44. The normalized spacial score (nSPS) is 20.5. The van der Waals surface area contributed by atoms with E-state index >= 15 is 0 Å². The van der Waals surface area contributed by atoms with Gasteiger partial charge in [0.1, 0.15) is 11.8 Å². The number of hydrogen-bond donors (Lipinski definition) is 2. The average molecular weight is 451 g/mol. The molecule has 1 saturated carbocycles.